The summed E-state index contributed by atoms with van der Waals surface area (Å²) >= 11 is 1.75. The van der Waals surface area contributed by atoms with Crippen LogP contribution in [0.3, 0.4) is 0 Å². The summed E-state index contributed by atoms with van der Waals surface area (Å²) in [7, 11) is 0. The van der Waals surface area contributed by atoms with Crippen molar-refractivity contribution in [3.05, 3.63) is 34.2 Å². The SMILES string of the molecule is Nc1nc(Cc2cccs2)cc(N2C[C@H]3CCCN[C@H]3C2)n1. The third-order valence-corrected chi connectivity index (χ3v) is 5.52. The first-order chi connectivity index (χ1) is 10.8. The van der Waals surface area contributed by atoms with Crippen LogP contribution in [0.4, 0.5) is 11.8 Å². The Morgan fingerprint density at radius 1 is 1.36 bits per heavy atom. The monoisotopic (exact) mass is 315 g/mol. The molecule has 2 aromatic rings. The molecule has 4 heterocycles. The first-order valence-corrected chi connectivity index (χ1v) is 8.80. The predicted octanol–water partition coefficient (Wildman–Crippen LogP) is 1.90. The highest BCUT2D eigenvalue weighted by Crippen LogP contribution is 2.29. The Morgan fingerprint density at radius 3 is 3.14 bits per heavy atom. The van der Waals surface area contributed by atoms with Crippen molar-refractivity contribution in [1.82, 2.24) is 15.3 Å². The molecule has 3 N–H and O–H groups in total. The van der Waals surface area contributed by atoms with Crippen molar-refractivity contribution in [2.45, 2.75) is 25.3 Å². The summed E-state index contributed by atoms with van der Waals surface area (Å²) in [5.41, 5.74) is 6.95. The maximum Gasteiger partial charge on any atom is 0.222 e. The summed E-state index contributed by atoms with van der Waals surface area (Å²) in [6.45, 7) is 3.25. The van der Waals surface area contributed by atoms with Gasteiger partial charge in [0.05, 0.1) is 5.69 Å². The van der Waals surface area contributed by atoms with Crippen molar-refractivity contribution in [3.8, 4) is 0 Å². The second-order valence-corrected chi connectivity index (χ2v) is 7.23. The van der Waals surface area contributed by atoms with E-state index < -0.39 is 0 Å². The van der Waals surface area contributed by atoms with Crippen molar-refractivity contribution >= 4 is 23.1 Å². The Morgan fingerprint density at radius 2 is 2.32 bits per heavy atom. The van der Waals surface area contributed by atoms with Gasteiger partial charge in [-0.3, -0.25) is 0 Å². The van der Waals surface area contributed by atoms with Gasteiger partial charge in [0.25, 0.3) is 0 Å². The lowest BCUT2D eigenvalue weighted by atomic mass is 9.94. The lowest BCUT2D eigenvalue weighted by molar-refractivity contribution is 0.340. The van der Waals surface area contributed by atoms with Crippen LogP contribution in [0.1, 0.15) is 23.4 Å². The molecule has 2 atom stereocenters. The van der Waals surface area contributed by atoms with Gasteiger partial charge in [-0.05, 0) is 36.8 Å². The molecule has 0 saturated carbocycles. The Hall–Kier alpha value is -1.66. The van der Waals surface area contributed by atoms with E-state index >= 15 is 0 Å². The fraction of sp³-hybridized carbons (Fsp3) is 0.500. The molecule has 2 fully saturated rings. The quantitative estimate of drug-likeness (QED) is 0.905. The van der Waals surface area contributed by atoms with Crippen molar-refractivity contribution in [1.29, 1.82) is 0 Å². The summed E-state index contributed by atoms with van der Waals surface area (Å²) in [6, 6.07) is 6.91. The van der Waals surface area contributed by atoms with Crippen LogP contribution in [0.15, 0.2) is 23.6 Å². The van der Waals surface area contributed by atoms with E-state index in [1.165, 1.54) is 17.7 Å². The second-order valence-electron chi connectivity index (χ2n) is 6.20. The Labute approximate surface area is 134 Å². The smallest absolute Gasteiger partial charge is 0.222 e. The highest BCUT2D eigenvalue weighted by atomic mass is 32.1. The van der Waals surface area contributed by atoms with Crippen molar-refractivity contribution in [2.75, 3.05) is 30.3 Å². The molecule has 116 valence electrons. The second kappa shape index (κ2) is 5.85. The molecule has 0 aliphatic carbocycles. The van der Waals surface area contributed by atoms with Crippen LogP contribution >= 0.6 is 11.3 Å². The molecule has 2 aromatic heterocycles. The zero-order valence-corrected chi connectivity index (χ0v) is 13.4. The summed E-state index contributed by atoms with van der Waals surface area (Å²) in [6.07, 6.45) is 3.43. The fourth-order valence-corrected chi connectivity index (χ4v) is 4.30. The minimum Gasteiger partial charge on any atom is -0.368 e. The van der Waals surface area contributed by atoms with Gasteiger partial charge in [0.15, 0.2) is 0 Å². The van der Waals surface area contributed by atoms with Gasteiger partial charge in [0, 0.05) is 36.5 Å². The van der Waals surface area contributed by atoms with Gasteiger partial charge >= 0.3 is 0 Å². The van der Waals surface area contributed by atoms with Crippen molar-refractivity contribution in [3.63, 3.8) is 0 Å². The number of nitrogens with one attached hydrogen (secondary N) is 1. The number of aromatic nitrogens is 2. The van der Waals surface area contributed by atoms with Crippen LogP contribution in [-0.4, -0.2) is 35.6 Å². The number of hydrogen-bond acceptors (Lipinski definition) is 6. The largest absolute Gasteiger partial charge is 0.368 e. The van der Waals surface area contributed by atoms with E-state index in [1.54, 1.807) is 11.3 Å². The van der Waals surface area contributed by atoms with Crippen LogP contribution < -0.4 is 16.0 Å². The maximum absolute atomic E-state index is 5.94. The van der Waals surface area contributed by atoms with Gasteiger partial charge in [0.2, 0.25) is 5.95 Å². The van der Waals surface area contributed by atoms with E-state index in [4.69, 9.17) is 5.73 Å². The van der Waals surface area contributed by atoms with Gasteiger partial charge < -0.3 is 16.0 Å². The predicted molar refractivity (Wildman–Crippen MR) is 90.3 cm³/mol. The van der Waals surface area contributed by atoms with E-state index in [-0.39, 0.29) is 0 Å². The summed E-state index contributed by atoms with van der Waals surface area (Å²) < 4.78 is 0. The van der Waals surface area contributed by atoms with Gasteiger partial charge in [-0.1, -0.05) is 6.07 Å². The Kier molecular flexibility index (Phi) is 3.72. The molecule has 2 saturated heterocycles. The first kappa shape index (κ1) is 14.0. The lowest BCUT2D eigenvalue weighted by Gasteiger charge is -2.24. The van der Waals surface area contributed by atoms with Crippen LogP contribution in [-0.2, 0) is 6.42 Å². The third kappa shape index (κ3) is 2.80. The molecule has 0 amide bonds. The van der Waals surface area contributed by atoms with Crippen LogP contribution in [0, 0.1) is 5.92 Å². The first-order valence-electron chi connectivity index (χ1n) is 7.92. The van der Waals surface area contributed by atoms with Gasteiger partial charge in [-0.15, -0.1) is 11.3 Å². The van der Waals surface area contributed by atoms with Crippen LogP contribution in [0.25, 0.3) is 0 Å². The molecular formula is C16H21N5S. The molecule has 2 aliphatic rings. The molecule has 22 heavy (non-hydrogen) atoms. The van der Waals surface area contributed by atoms with Gasteiger partial charge in [-0.2, -0.15) is 4.98 Å². The highest BCUT2D eigenvalue weighted by Gasteiger charge is 2.34. The average Bonchev–Trinajstić information content (AvgIpc) is 3.15. The molecule has 0 spiro atoms. The number of hydrogen-bond donors (Lipinski definition) is 2. The Balaban J connectivity index is 1.55. The number of thiophene rings is 1. The third-order valence-electron chi connectivity index (χ3n) is 4.64. The number of nitrogens with zero attached hydrogens (tertiary/aromatic N) is 3. The lowest BCUT2D eigenvalue weighted by Crippen LogP contribution is -2.40. The molecule has 5 nitrogen and oxygen atoms in total. The normalized spacial score (nSPS) is 24.5. The minimum atomic E-state index is 0.381. The van der Waals surface area contributed by atoms with E-state index in [0.717, 1.165) is 43.5 Å². The average molecular weight is 315 g/mol. The molecule has 0 radical (unpaired) electrons. The molecule has 0 bridgehead atoms. The molecular weight excluding hydrogens is 294 g/mol. The van der Waals surface area contributed by atoms with Crippen LogP contribution in [0.2, 0.25) is 0 Å². The van der Waals surface area contributed by atoms with Crippen molar-refractivity contribution < 1.29 is 0 Å². The molecule has 0 aromatic carbocycles. The maximum atomic E-state index is 5.94. The number of anilines is 2. The van der Waals surface area contributed by atoms with Gasteiger partial charge in [0.1, 0.15) is 5.82 Å². The number of nitrogen functional groups attached to an aromatic ring is 1. The molecule has 6 heteroatoms. The topological polar surface area (TPSA) is 67.1 Å². The number of fused-ring (bicyclic) bond motifs is 1. The van der Waals surface area contributed by atoms with E-state index in [1.807, 2.05) is 0 Å². The zero-order valence-electron chi connectivity index (χ0n) is 12.5. The molecule has 0 unspecified atom stereocenters. The fourth-order valence-electron chi connectivity index (χ4n) is 3.58. The molecule has 4 rings (SSSR count). The van der Waals surface area contributed by atoms with Crippen molar-refractivity contribution in [2.24, 2.45) is 5.92 Å². The number of rotatable bonds is 3. The minimum absolute atomic E-state index is 0.381. The zero-order chi connectivity index (χ0) is 14.9. The highest BCUT2D eigenvalue weighted by molar-refractivity contribution is 7.09. The number of nitrogens with two attached hydrogens (primary N) is 1. The summed E-state index contributed by atoms with van der Waals surface area (Å²) in [5.74, 6) is 2.10. The standard InChI is InChI=1S/C16H21N5S/c17-16-19-12(7-13-4-2-6-22-13)8-15(20-16)21-9-11-3-1-5-18-14(11)10-21/h2,4,6,8,11,14,18H,1,3,5,7,9-10H2,(H2,17,19,20)/t11-,14+/m1/s1. The summed E-state index contributed by atoms with van der Waals surface area (Å²) in [5, 5.41) is 5.73. The molecule has 2 aliphatic heterocycles. The van der Waals surface area contributed by atoms with E-state index in [2.05, 4.69) is 43.8 Å². The Bertz CT molecular complexity index is 628. The number of piperidine rings is 1. The summed E-state index contributed by atoms with van der Waals surface area (Å²) in [4.78, 5) is 12.5. The van der Waals surface area contributed by atoms with E-state index in [0.29, 0.717) is 12.0 Å². The van der Waals surface area contributed by atoms with Crippen LogP contribution in [0.5, 0.6) is 0 Å². The van der Waals surface area contributed by atoms with E-state index in [9.17, 15) is 0 Å². The van der Waals surface area contributed by atoms with Gasteiger partial charge in [-0.25, -0.2) is 4.98 Å².